The zero-order valence-corrected chi connectivity index (χ0v) is 15.4. The number of hydrogen-bond donors (Lipinski definition) is 3. The van der Waals surface area contributed by atoms with Gasteiger partial charge in [-0.1, -0.05) is 18.2 Å². The van der Waals surface area contributed by atoms with Gasteiger partial charge in [0.05, 0.1) is 6.54 Å². The number of carbonyl (C=O) groups is 3. The molecule has 1 atom stereocenters. The molecule has 0 aromatic heterocycles. The summed E-state index contributed by atoms with van der Waals surface area (Å²) < 4.78 is 39.6. The van der Waals surface area contributed by atoms with E-state index >= 15 is 0 Å². The number of hydrazine groups is 1. The predicted octanol–water partition coefficient (Wildman–Crippen LogP) is 1.01. The van der Waals surface area contributed by atoms with Gasteiger partial charge in [-0.3, -0.25) is 25.2 Å². The van der Waals surface area contributed by atoms with Crippen LogP contribution < -0.4 is 30.4 Å². The highest BCUT2D eigenvalue weighted by atomic mass is 19.3. The lowest BCUT2D eigenvalue weighted by atomic mass is 10.2. The first-order chi connectivity index (χ1) is 14.4. The Balaban J connectivity index is 1.43. The second-order valence-electron chi connectivity index (χ2n) is 5.99. The Bertz CT molecular complexity index is 940. The molecule has 2 aromatic rings. The quantitative estimate of drug-likeness (QED) is 0.600. The minimum Gasteiger partial charge on any atom is -0.485 e. The van der Waals surface area contributed by atoms with Crippen LogP contribution in [0.25, 0.3) is 0 Å². The largest absolute Gasteiger partial charge is 0.485 e. The predicted molar refractivity (Wildman–Crippen MR) is 98.0 cm³/mol. The van der Waals surface area contributed by atoms with E-state index in [1.54, 1.807) is 24.3 Å². The van der Waals surface area contributed by atoms with E-state index in [2.05, 4.69) is 20.9 Å². The lowest BCUT2D eigenvalue weighted by molar-refractivity contribution is -0.134. The van der Waals surface area contributed by atoms with E-state index in [1.165, 1.54) is 18.2 Å². The molecule has 3 rings (SSSR count). The molecule has 0 fully saturated rings. The molecule has 1 unspecified atom stereocenters. The maximum Gasteiger partial charge on any atom is 0.387 e. The van der Waals surface area contributed by atoms with Gasteiger partial charge in [-0.25, -0.2) is 0 Å². The van der Waals surface area contributed by atoms with Crippen molar-refractivity contribution in [3.05, 3.63) is 54.1 Å². The van der Waals surface area contributed by atoms with Crippen molar-refractivity contribution in [2.75, 3.05) is 13.2 Å². The first kappa shape index (κ1) is 20.8. The molecule has 0 radical (unpaired) electrons. The SMILES string of the molecule is O=C(CNC(=O)c1cccc(OC(F)F)c1)NNC(=O)C1COc2ccccc2O1. The lowest BCUT2D eigenvalue weighted by Gasteiger charge is -2.25. The number of para-hydroxylation sites is 2. The van der Waals surface area contributed by atoms with Crippen LogP contribution in [0.5, 0.6) is 17.2 Å². The van der Waals surface area contributed by atoms with Gasteiger partial charge < -0.3 is 19.5 Å². The fourth-order valence-electron chi connectivity index (χ4n) is 2.48. The normalized spacial score (nSPS) is 14.6. The number of alkyl halides is 2. The molecule has 11 heteroatoms. The third-order valence-corrected chi connectivity index (χ3v) is 3.86. The third kappa shape index (κ3) is 5.56. The number of ether oxygens (including phenoxy) is 3. The summed E-state index contributed by atoms with van der Waals surface area (Å²) in [6.45, 7) is -3.53. The lowest BCUT2D eigenvalue weighted by Crippen LogP contribution is -2.52. The zero-order valence-electron chi connectivity index (χ0n) is 15.4. The molecule has 1 heterocycles. The molecule has 3 N–H and O–H groups in total. The molecule has 158 valence electrons. The summed E-state index contributed by atoms with van der Waals surface area (Å²) in [5.74, 6) is -1.31. The van der Waals surface area contributed by atoms with Crippen LogP contribution >= 0.6 is 0 Å². The summed E-state index contributed by atoms with van der Waals surface area (Å²) in [5.41, 5.74) is 4.34. The van der Waals surface area contributed by atoms with Crippen molar-refractivity contribution in [1.82, 2.24) is 16.2 Å². The van der Waals surface area contributed by atoms with Crippen LogP contribution in [0.1, 0.15) is 10.4 Å². The maximum absolute atomic E-state index is 12.2. The fourth-order valence-corrected chi connectivity index (χ4v) is 2.48. The Kier molecular flexibility index (Phi) is 6.63. The Hall–Kier alpha value is -3.89. The minimum absolute atomic E-state index is 0.0244. The van der Waals surface area contributed by atoms with Crippen molar-refractivity contribution in [3.63, 3.8) is 0 Å². The van der Waals surface area contributed by atoms with Crippen molar-refractivity contribution in [3.8, 4) is 17.2 Å². The van der Waals surface area contributed by atoms with E-state index in [4.69, 9.17) is 9.47 Å². The minimum atomic E-state index is -3.02. The van der Waals surface area contributed by atoms with E-state index < -0.39 is 37.0 Å². The van der Waals surface area contributed by atoms with Crippen LogP contribution in [0.2, 0.25) is 0 Å². The topological polar surface area (TPSA) is 115 Å². The van der Waals surface area contributed by atoms with Crippen LogP contribution in [0.4, 0.5) is 8.78 Å². The fraction of sp³-hybridized carbons (Fsp3) is 0.211. The van der Waals surface area contributed by atoms with Crippen LogP contribution in [-0.4, -0.2) is 43.6 Å². The van der Waals surface area contributed by atoms with E-state index in [1.807, 2.05) is 0 Å². The molecule has 3 amide bonds. The number of carbonyl (C=O) groups excluding carboxylic acids is 3. The molecule has 0 saturated heterocycles. The molecule has 0 saturated carbocycles. The molecule has 30 heavy (non-hydrogen) atoms. The molecule has 0 spiro atoms. The highest BCUT2D eigenvalue weighted by molar-refractivity contribution is 5.97. The molecule has 9 nitrogen and oxygen atoms in total. The number of amides is 3. The Morgan fingerprint density at radius 1 is 1.07 bits per heavy atom. The van der Waals surface area contributed by atoms with Crippen molar-refractivity contribution in [2.45, 2.75) is 12.7 Å². The van der Waals surface area contributed by atoms with Gasteiger partial charge in [0.2, 0.25) is 6.10 Å². The van der Waals surface area contributed by atoms with Gasteiger partial charge in [0.15, 0.2) is 11.5 Å². The van der Waals surface area contributed by atoms with E-state index in [-0.39, 0.29) is 17.9 Å². The van der Waals surface area contributed by atoms with Crippen molar-refractivity contribution in [2.24, 2.45) is 0 Å². The summed E-state index contributed by atoms with van der Waals surface area (Å²) in [4.78, 5) is 36.0. The van der Waals surface area contributed by atoms with Crippen LogP contribution in [0.3, 0.4) is 0 Å². The maximum atomic E-state index is 12.2. The third-order valence-electron chi connectivity index (χ3n) is 3.86. The van der Waals surface area contributed by atoms with Gasteiger partial charge in [-0.15, -0.1) is 0 Å². The average Bonchev–Trinajstić information content (AvgIpc) is 2.75. The van der Waals surface area contributed by atoms with Gasteiger partial charge >= 0.3 is 6.61 Å². The molecule has 0 aliphatic carbocycles. The second kappa shape index (κ2) is 9.54. The number of rotatable bonds is 6. The molecule has 1 aliphatic heterocycles. The van der Waals surface area contributed by atoms with Gasteiger partial charge in [-0.2, -0.15) is 8.78 Å². The van der Waals surface area contributed by atoms with E-state index in [0.717, 1.165) is 6.07 Å². The van der Waals surface area contributed by atoms with Gasteiger partial charge in [0, 0.05) is 5.56 Å². The summed E-state index contributed by atoms with van der Waals surface area (Å²) in [7, 11) is 0. The van der Waals surface area contributed by atoms with Crippen molar-refractivity contribution in [1.29, 1.82) is 0 Å². The summed E-state index contributed by atoms with van der Waals surface area (Å²) in [6.07, 6.45) is -0.965. The molecular formula is C19H17F2N3O6. The first-order valence-electron chi connectivity index (χ1n) is 8.72. The molecular weight excluding hydrogens is 404 g/mol. The number of hydrogen-bond acceptors (Lipinski definition) is 6. The highest BCUT2D eigenvalue weighted by Crippen LogP contribution is 2.30. The monoisotopic (exact) mass is 421 g/mol. The van der Waals surface area contributed by atoms with Gasteiger partial charge in [-0.05, 0) is 30.3 Å². The van der Waals surface area contributed by atoms with Gasteiger partial charge in [0.25, 0.3) is 17.7 Å². The number of fused-ring (bicyclic) bond motifs is 1. The molecule has 2 aromatic carbocycles. The molecule has 1 aliphatic rings. The van der Waals surface area contributed by atoms with E-state index in [0.29, 0.717) is 11.5 Å². The first-order valence-corrected chi connectivity index (χ1v) is 8.72. The average molecular weight is 421 g/mol. The van der Waals surface area contributed by atoms with Crippen LogP contribution in [0.15, 0.2) is 48.5 Å². The Morgan fingerprint density at radius 2 is 1.83 bits per heavy atom. The standard InChI is InChI=1S/C19H17F2N3O6/c20-19(21)29-12-5-3-4-11(8-12)17(26)22-9-16(25)23-24-18(27)15-10-28-13-6-1-2-7-14(13)30-15/h1-8,15,19H,9-10H2,(H,22,26)(H,23,25)(H,24,27). The number of nitrogens with one attached hydrogen (secondary N) is 3. The summed E-state index contributed by atoms with van der Waals surface area (Å²) in [6, 6.07) is 11.9. The van der Waals surface area contributed by atoms with Crippen LogP contribution in [0, 0.1) is 0 Å². The molecule has 0 bridgehead atoms. The summed E-state index contributed by atoms with van der Waals surface area (Å²) >= 11 is 0. The second-order valence-corrected chi connectivity index (χ2v) is 5.99. The Morgan fingerprint density at radius 3 is 2.60 bits per heavy atom. The van der Waals surface area contributed by atoms with Gasteiger partial charge in [0.1, 0.15) is 12.4 Å². The number of benzene rings is 2. The smallest absolute Gasteiger partial charge is 0.387 e. The van der Waals surface area contributed by atoms with Crippen molar-refractivity contribution < 1.29 is 37.4 Å². The summed E-state index contributed by atoms with van der Waals surface area (Å²) in [5, 5.41) is 2.29. The van der Waals surface area contributed by atoms with E-state index in [9.17, 15) is 23.2 Å². The Labute approximate surface area is 169 Å². The van der Waals surface area contributed by atoms with Crippen LogP contribution in [-0.2, 0) is 9.59 Å². The number of halogens is 2. The highest BCUT2D eigenvalue weighted by Gasteiger charge is 2.27. The van der Waals surface area contributed by atoms with Crippen molar-refractivity contribution >= 4 is 17.7 Å². The zero-order chi connectivity index (χ0) is 21.5.